The van der Waals surface area contributed by atoms with E-state index in [2.05, 4.69) is 22.5 Å². The van der Waals surface area contributed by atoms with Gasteiger partial charge in [-0.1, -0.05) is 18.7 Å². The predicted octanol–water partition coefficient (Wildman–Crippen LogP) is 1.12. The molecule has 1 aliphatic heterocycles. The molecule has 1 aliphatic carbocycles. The van der Waals surface area contributed by atoms with Crippen molar-refractivity contribution in [1.82, 2.24) is 10.6 Å². The monoisotopic (exact) mass is 241 g/mol. The van der Waals surface area contributed by atoms with Gasteiger partial charge in [0.05, 0.1) is 6.54 Å². The second kappa shape index (κ2) is 5.08. The van der Waals surface area contributed by atoms with Crippen molar-refractivity contribution in [2.45, 2.75) is 50.4 Å². The third-order valence-corrected chi connectivity index (χ3v) is 4.12. The predicted molar refractivity (Wildman–Crippen MR) is 67.7 cm³/mol. The first-order chi connectivity index (χ1) is 7.69. The molecule has 0 aromatic heterocycles. The number of amidine groups is 1. The molecule has 2 rings (SSSR count). The van der Waals surface area contributed by atoms with Gasteiger partial charge in [0.15, 0.2) is 5.17 Å². The summed E-state index contributed by atoms with van der Waals surface area (Å²) in [7, 11) is 0. The maximum atomic E-state index is 11.7. The van der Waals surface area contributed by atoms with Gasteiger partial charge in [0, 0.05) is 11.3 Å². The van der Waals surface area contributed by atoms with Crippen LogP contribution >= 0.6 is 11.8 Å². The minimum absolute atomic E-state index is 0.0887. The van der Waals surface area contributed by atoms with Gasteiger partial charge in [-0.2, -0.15) is 0 Å². The van der Waals surface area contributed by atoms with Crippen LogP contribution in [0.25, 0.3) is 0 Å². The molecule has 0 spiro atoms. The summed E-state index contributed by atoms with van der Waals surface area (Å²) in [4.78, 5) is 16.1. The highest BCUT2D eigenvalue weighted by atomic mass is 32.2. The Hall–Kier alpha value is -0.710. The molecule has 5 heteroatoms. The highest BCUT2D eigenvalue weighted by molar-refractivity contribution is 8.14. The fourth-order valence-electron chi connectivity index (χ4n) is 1.51. The standard InChI is InChI=1S/C11H19N3OS/c1-3-9-6-12-11(16-9)13-7(2)10(15)14-8-4-5-8/h7-9H,3-6H2,1-2H3,(H,12,13)(H,14,15). The van der Waals surface area contributed by atoms with E-state index in [4.69, 9.17) is 0 Å². The largest absolute Gasteiger partial charge is 0.353 e. The van der Waals surface area contributed by atoms with Crippen molar-refractivity contribution in [2.24, 2.45) is 4.99 Å². The number of carbonyl (C=O) groups excluding carboxylic acids is 1. The van der Waals surface area contributed by atoms with Crippen LogP contribution in [0.1, 0.15) is 33.1 Å². The highest BCUT2D eigenvalue weighted by Gasteiger charge is 2.27. The Balaban J connectivity index is 1.73. The number of carbonyl (C=O) groups is 1. The van der Waals surface area contributed by atoms with E-state index in [9.17, 15) is 4.79 Å². The number of nitrogens with zero attached hydrogens (tertiary/aromatic N) is 1. The van der Waals surface area contributed by atoms with Crippen molar-refractivity contribution in [3.05, 3.63) is 0 Å². The first-order valence-electron chi connectivity index (χ1n) is 5.97. The van der Waals surface area contributed by atoms with Crippen LogP contribution in [-0.4, -0.2) is 35.0 Å². The van der Waals surface area contributed by atoms with Crippen LogP contribution in [0.2, 0.25) is 0 Å². The van der Waals surface area contributed by atoms with Gasteiger partial charge in [-0.05, 0) is 26.2 Å². The molecule has 4 nitrogen and oxygen atoms in total. The minimum atomic E-state index is -0.178. The van der Waals surface area contributed by atoms with E-state index in [1.54, 1.807) is 11.8 Å². The van der Waals surface area contributed by atoms with Crippen molar-refractivity contribution < 1.29 is 4.79 Å². The Morgan fingerprint density at radius 1 is 1.62 bits per heavy atom. The quantitative estimate of drug-likeness (QED) is 0.775. The maximum absolute atomic E-state index is 11.7. The summed E-state index contributed by atoms with van der Waals surface area (Å²) in [5, 5.41) is 7.67. The second-order valence-corrected chi connectivity index (χ2v) is 5.73. The Morgan fingerprint density at radius 3 is 2.94 bits per heavy atom. The molecule has 1 heterocycles. The van der Waals surface area contributed by atoms with Crippen LogP contribution in [0.15, 0.2) is 4.99 Å². The van der Waals surface area contributed by atoms with Gasteiger partial charge in [0.1, 0.15) is 6.04 Å². The van der Waals surface area contributed by atoms with Crippen molar-refractivity contribution in [2.75, 3.05) is 6.54 Å². The van der Waals surface area contributed by atoms with Crippen LogP contribution in [0.5, 0.6) is 0 Å². The molecule has 0 bridgehead atoms. The lowest BCUT2D eigenvalue weighted by atomic mass is 10.3. The molecule has 2 aliphatic rings. The molecule has 0 radical (unpaired) electrons. The molecule has 1 saturated carbocycles. The third-order valence-electron chi connectivity index (χ3n) is 2.83. The lowest BCUT2D eigenvalue weighted by molar-refractivity contribution is -0.122. The maximum Gasteiger partial charge on any atom is 0.242 e. The van der Waals surface area contributed by atoms with E-state index in [0.717, 1.165) is 31.0 Å². The van der Waals surface area contributed by atoms with E-state index in [-0.39, 0.29) is 11.9 Å². The molecule has 0 aromatic rings. The Bertz CT molecular complexity index is 302. The molecule has 0 saturated heterocycles. The van der Waals surface area contributed by atoms with Gasteiger partial charge < -0.3 is 10.6 Å². The summed E-state index contributed by atoms with van der Waals surface area (Å²) in [6.07, 6.45) is 3.39. The van der Waals surface area contributed by atoms with Crippen LogP contribution < -0.4 is 10.6 Å². The molecule has 2 atom stereocenters. The number of amides is 1. The Labute approximate surface area is 101 Å². The summed E-state index contributed by atoms with van der Waals surface area (Å²) in [5.41, 5.74) is 0. The first-order valence-corrected chi connectivity index (χ1v) is 6.85. The number of nitrogens with one attached hydrogen (secondary N) is 2. The molecule has 1 amide bonds. The van der Waals surface area contributed by atoms with E-state index in [1.165, 1.54) is 0 Å². The zero-order chi connectivity index (χ0) is 11.5. The molecule has 16 heavy (non-hydrogen) atoms. The zero-order valence-electron chi connectivity index (χ0n) is 9.82. The SMILES string of the molecule is CCC1CN=C(NC(C)C(=O)NC2CC2)S1. The number of hydrogen-bond donors (Lipinski definition) is 2. The lowest BCUT2D eigenvalue weighted by Crippen LogP contribution is -2.44. The van der Waals surface area contributed by atoms with Crippen LogP contribution in [0.4, 0.5) is 0 Å². The molecular weight excluding hydrogens is 222 g/mol. The van der Waals surface area contributed by atoms with Crippen molar-refractivity contribution >= 4 is 22.8 Å². The molecule has 1 fully saturated rings. The lowest BCUT2D eigenvalue weighted by Gasteiger charge is -2.14. The van der Waals surface area contributed by atoms with E-state index >= 15 is 0 Å². The Kier molecular flexibility index (Phi) is 3.74. The number of aliphatic imine (C=N–C) groups is 1. The highest BCUT2D eigenvalue weighted by Crippen LogP contribution is 2.22. The van der Waals surface area contributed by atoms with Gasteiger partial charge >= 0.3 is 0 Å². The van der Waals surface area contributed by atoms with Crippen molar-refractivity contribution in [3.8, 4) is 0 Å². The van der Waals surface area contributed by atoms with Crippen LogP contribution in [-0.2, 0) is 4.79 Å². The minimum Gasteiger partial charge on any atom is -0.353 e. The number of thioether (sulfide) groups is 1. The number of hydrogen-bond acceptors (Lipinski definition) is 4. The average molecular weight is 241 g/mol. The molecule has 0 aromatic carbocycles. The van der Waals surface area contributed by atoms with Gasteiger partial charge in [-0.3, -0.25) is 9.79 Å². The normalized spacial score (nSPS) is 26.1. The summed E-state index contributed by atoms with van der Waals surface area (Å²) >= 11 is 1.75. The Morgan fingerprint density at radius 2 is 2.38 bits per heavy atom. The van der Waals surface area contributed by atoms with Crippen molar-refractivity contribution in [1.29, 1.82) is 0 Å². The zero-order valence-corrected chi connectivity index (χ0v) is 10.6. The fourth-order valence-corrected chi connectivity index (χ4v) is 2.54. The van der Waals surface area contributed by atoms with E-state index in [0.29, 0.717) is 11.3 Å². The van der Waals surface area contributed by atoms with E-state index in [1.807, 2.05) is 6.92 Å². The van der Waals surface area contributed by atoms with Gasteiger partial charge in [-0.25, -0.2) is 0 Å². The molecule has 2 unspecified atom stereocenters. The van der Waals surface area contributed by atoms with Crippen LogP contribution in [0.3, 0.4) is 0 Å². The second-order valence-electron chi connectivity index (χ2n) is 4.44. The molecule has 2 N–H and O–H groups in total. The van der Waals surface area contributed by atoms with Crippen molar-refractivity contribution in [3.63, 3.8) is 0 Å². The smallest absolute Gasteiger partial charge is 0.242 e. The first kappa shape index (κ1) is 11.8. The molecular formula is C11H19N3OS. The average Bonchev–Trinajstić information content (AvgIpc) is 2.96. The van der Waals surface area contributed by atoms with Gasteiger partial charge in [0.25, 0.3) is 0 Å². The fraction of sp³-hybridized carbons (Fsp3) is 0.818. The summed E-state index contributed by atoms with van der Waals surface area (Å²) < 4.78 is 0. The summed E-state index contributed by atoms with van der Waals surface area (Å²) in [6, 6.07) is 0.251. The summed E-state index contributed by atoms with van der Waals surface area (Å²) in [6.45, 7) is 4.93. The summed E-state index contributed by atoms with van der Waals surface area (Å²) in [5.74, 6) is 0.0887. The number of rotatable bonds is 4. The third kappa shape index (κ3) is 3.14. The van der Waals surface area contributed by atoms with Gasteiger partial charge in [0.2, 0.25) is 5.91 Å². The van der Waals surface area contributed by atoms with Crippen LogP contribution in [0, 0.1) is 0 Å². The molecule has 90 valence electrons. The van der Waals surface area contributed by atoms with Gasteiger partial charge in [-0.15, -0.1) is 0 Å². The topological polar surface area (TPSA) is 53.5 Å². The van der Waals surface area contributed by atoms with E-state index < -0.39 is 0 Å².